The average Bonchev–Trinajstić information content (AvgIpc) is 3.39. The summed E-state index contributed by atoms with van der Waals surface area (Å²) in [5.74, 6) is -0.884. The summed E-state index contributed by atoms with van der Waals surface area (Å²) in [4.78, 5) is 37.8. The van der Waals surface area contributed by atoms with E-state index in [-0.39, 0.29) is 31.1 Å². The molecule has 0 heterocycles. The number of esters is 3. The second kappa shape index (κ2) is 61.7. The molecule has 0 aromatic rings. The third-order valence-corrected chi connectivity index (χ3v) is 14.0. The van der Waals surface area contributed by atoms with E-state index in [1.165, 1.54) is 199 Å². The van der Waals surface area contributed by atoms with Crippen LogP contribution in [0.4, 0.5) is 0 Å². The van der Waals surface area contributed by atoms with Crippen LogP contribution in [-0.2, 0) is 28.6 Å². The molecule has 0 radical (unpaired) electrons. The first-order chi connectivity index (χ1) is 36.0. The highest BCUT2D eigenvalue weighted by Crippen LogP contribution is 2.17. The zero-order valence-electron chi connectivity index (χ0n) is 48.7. The molecule has 0 fully saturated rings. The zero-order chi connectivity index (χ0) is 52.9. The van der Waals surface area contributed by atoms with Gasteiger partial charge >= 0.3 is 17.9 Å². The number of unbranched alkanes of at least 4 members (excludes halogenated alkanes) is 37. The SMILES string of the molecule is CCCCC/C=C\C/C=C\CCCCCCCCCC(=O)OC(COC(=O)CCCCCCC)COC(=O)CCCCCCCCCCCCCCCCCCCC/C=C\C/C=C\C/C=C\CCCCCCC. The van der Waals surface area contributed by atoms with Gasteiger partial charge in [-0.2, -0.15) is 0 Å². The van der Waals surface area contributed by atoms with E-state index in [0.29, 0.717) is 19.3 Å². The van der Waals surface area contributed by atoms with E-state index in [2.05, 4.69) is 81.5 Å². The molecule has 0 amide bonds. The normalized spacial score (nSPS) is 12.4. The largest absolute Gasteiger partial charge is 0.462 e. The Morgan fingerprint density at radius 2 is 0.493 bits per heavy atom. The maximum Gasteiger partial charge on any atom is 0.306 e. The lowest BCUT2D eigenvalue weighted by molar-refractivity contribution is -0.167. The van der Waals surface area contributed by atoms with Gasteiger partial charge in [0.25, 0.3) is 0 Å². The first-order valence-corrected chi connectivity index (χ1v) is 31.8. The molecule has 1 atom stereocenters. The average molecular weight is 1020 g/mol. The summed E-state index contributed by atoms with van der Waals surface area (Å²) >= 11 is 0. The minimum Gasteiger partial charge on any atom is -0.462 e. The van der Waals surface area contributed by atoms with Crippen molar-refractivity contribution in [2.45, 2.75) is 335 Å². The molecule has 1 unspecified atom stereocenters. The molecule has 424 valence electrons. The van der Waals surface area contributed by atoms with E-state index in [0.717, 1.165) is 89.9 Å². The van der Waals surface area contributed by atoms with Gasteiger partial charge in [0, 0.05) is 19.3 Å². The van der Waals surface area contributed by atoms with Crippen LogP contribution in [0, 0.1) is 0 Å². The third kappa shape index (κ3) is 59.9. The Kier molecular flexibility index (Phi) is 59.2. The minimum absolute atomic E-state index is 0.0746. The Balaban J connectivity index is 3.93. The second-order valence-corrected chi connectivity index (χ2v) is 21.3. The maximum absolute atomic E-state index is 12.8. The van der Waals surface area contributed by atoms with Gasteiger partial charge in [0.1, 0.15) is 13.2 Å². The zero-order valence-corrected chi connectivity index (χ0v) is 48.7. The summed E-state index contributed by atoms with van der Waals surface area (Å²) in [7, 11) is 0. The van der Waals surface area contributed by atoms with Gasteiger partial charge < -0.3 is 14.2 Å². The van der Waals surface area contributed by atoms with Gasteiger partial charge in [0.2, 0.25) is 0 Å². The number of allylic oxidation sites excluding steroid dienone is 10. The summed E-state index contributed by atoms with van der Waals surface area (Å²) in [6.45, 7) is 6.54. The van der Waals surface area contributed by atoms with Crippen molar-refractivity contribution >= 4 is 17.9 Å². The standard InChI is InChI=1S/C67H120O6/c1-4-7-10-13-15-17-19-21-23-25-26-27-28-29-30-31-32-33-34-35-36-37-38-39-40-42-43-45-47-49-51-54-57-60-66(69)72-63-64(62-71-65(68)59-56-53-12-9-6-3)73-67(70)61-58-55-52-50-48-46-44-41-24-22-20-18-16-14-11-8-5-2/h16,18-19,21-22,24-26,28-29,64H,4-15,17,20,23,27,30-63H2,1-3H3/b18-16-,21-19-,24-22-,26-25-,29-28-. The molecule has 0 rings (SSSR count). The molecule has 73 heavy (non-hydrogen) atoms. The summed E-state index contributed by atoms with van der Waals surface area (Å²) in [6, 6.07) is 0. The molecule has 0 saturated carbocycles. The molecule has 0 aromatic carbocycles. The van der Waals surface area contributed by atoms with Gasteiger partial charge in [-0.3, -0.25) is 14.4 Å². The molecular formula is C67H120O6. The van der Waals surface area contributed by atoms with Crippen LogP contribution in [0.3, 0.4) is 0 Å². The lowest BCUT2D eigenvalue weighted by Gasteiger charge is -2.18. The van der Waals surface area contributed by atoms with Crippen molar-refractivity contribution in [3.8, 4) is 0 Å². The Bertz CT molecular complexity index is 1310. The van der Waals surface area contributed by atoms with Gasteiger partial charge in [-0.15, -0.1) is 0 Å². The van der Waals surface area contributed by atoms with Crippen molar-refractivity contribution in [3.05, 3.63) is 60.8 Å². The van der Waals surface area contributed by atoms with Gasteiger partial charge in [0.15, 0.2) is 6.10 Å². The quantitative estimate of drug-likeness (QED) is 0.0261. The smallest absolute Gasteiger partial charge is 0.306 e. The minimum atomic E-state index is -0.773. The predicted octanol–water partition coefficient (Wildman–Crippen LogP) is 21.6. The van der Waals surface area contributed by atoms with Crippen molar-refractivity contribution < 1.29 is 28.6 Å². The van der Waals surface area contributed by atoms with Crippen molar-refractivity contribution in [1.82, 2.24) is 0 Å². The van der Waals surface area contributed by atoms with Gasteiger partial charge in [-0.1, -0.05) is 281 Å². The Morgan fingerprint density at radius 3 is 0.795 bits per heavy atom. The van der Waals surface area contributed by atoms with Crippen LogP contribution in [0.25, 0.3) is 0 Å². The summed E-state index contributed by atoms with van der Waals surface area (Å²) < 4.78 is 16.7. The molecule has 0 aliphatic rings. The predicted molar refractivity (Wildman–Crippen MR) is 316 cm³/mol. The second-order valence-electron chi connectivity index (χ2n) is 21.3. The van der Waals surface area contributed by atoms with Gasteiger partial charge in [0.05, 0.1) is 0 Å². The molecule has 0 N–H and O–H groups in total. The van der Waals surface area contributed by atoms with Crippen LogP contribution < -0.4 is 0 Å². The fourth-order valence-corrected chi connectivity index (χ4v) is 9.19. The number of ether oxygens (including phenoxy) is 3. The highest BCUT2D eigenvalue weighted by molar-refractivity contribution is 5.71. The van der Waals surface area contributed by atoms with Gasteiger partial charge in [-0.25, -0.2) is 0 Å². The van der Waals surface area contributed by atoms with E-state index in [1.807, 2.05) is 0 Å². The Hall–Kier alpha value is -2.89. The summed E-state index contributed by atoms with van der Waals surface area (Å²) in [5, 5.41) is 0. The fourth-order valence-electron chi connectivity index (χ4n) is 9.19. The highest BCUT2D eigenvalue weighted by Gasteiger charge is 2.19. The van der Waals surface area contributed by atoms with E-state index < -0.39 is 6.10 Å². The summed E-state index contributed by atoms with van der Waals surface area (Å²) in [6.07, 6.45) is 78.6. The molecule has 0 aromatic heterocycles. The lowest BCUT2D eigenvalue weighted by atomic mass is 10.0. The topological polar surface area (TPSA) is 78.9 Å². The van der Waals surface area contributed by atoms with Crippen molar-refractivity contribution in [2.75, 3.05) is 13.2 Å². The first-order valence-electron chi connectivity index (χ1n) is 31.8. The van der Waals surface area contributed by atoms with Crippen molar-refractivity contribution in [2.24, 2.45) is 0 Å². The van der Waals surface area contributed by atoms with Crippen LogP contribution in [0.1, 0.15) is 329 Å². The maximum atomic E-state index is 12.8. The monoisotopic (exact) mass is 1020 g/mol. The Morgan fingerprint density at radius 1 is 0.274 bits per heavy atom. The van der Waals surface area contributed by atoms with E-state index >= 15 is 0 Å². The van der Waals surface area contributed by atoms with Crippen LogP contribution in [-0.4, -0.2) is 37.2 Å². The number of hydrogen-bond acceptors (Lipinski definition) is 6. The molecule has 0 saturated heterocycles. The number of carbonyl (C=O) groups excluding carboxylic acids is 3. The Labute approximate surface area is 453 Å². The first kappa shape index (κ1) is 70.1. The molecule has 6 nitrogen and oxygen atoms in total. The third-order valence-electron chi connectivity index (χ3n) is 14.0. The molecule has 6 heteroatoms. The van der Waals surface area contributed by atoms with Crippen LogP contribution in [0.2, 0.25) is 0 Å². The van der Waals surface area contributed by atoms with Crippen LogP contribution >= 0.6 is 0 Å². The lowest BCUT2D eigenvalue weighted by Crippen LogP contribution is -2.30. The van der Waals surface area contributed by atoms with Crippen molar-refractivity contribution in [3.63, 3.8) is 0 Å². The number of rotatable bonds is 58. The van der Waals surface area contributed by atoms with E-state index in [9.17, 15) is 14.4 Å². The van der Waals surface area contributed by atoms with Crippen molar-refractivity contribution in [1.29, 1.82) is 0 Å². The molecule has 0 aliphatic heterocycles. The molecule has 0 aliphatic carbocycles. The van der Waals surface area contributed by atoms with Crippen LogP contribution in [0.15, 0.2) is 60.8 Å². The number of hydrogen-bond donors (Lipinski definition) is 0. The molecule has 0 spiro atoms. The van der Waals surface area contributed by atoms with E-state index in [1.54, 1.807) is 0 Å². The molecule has 0 bridgehead atoms. The highest BCUT2D eigenvalue weighted by atomic mass is 16.6. The van der Waals surface area contributed by atoms with E-state index in [4.69, 9.17) is 14.2 Å². The fraction of sp³-hybridized carbons (Fsp3) is 0.806. The number of carbonyl (C=O) groups is 3. The summed E-state index contributed by atoms with van der Waals surface area (Å²) in [5.41, 5.74) is 0. The van der Waals surface area contributed by atoms with Crippen LogP contribution in [0.5, 0.6) is 0 Å². The molecular weight excluding hydrogens is 901 g/mol. The van der Waals surface area contributed by atoms with Gasteiger partial charge in [-0.05, 0) is 89.9 Å².